The number of nitrogens with zero attached hydrogens (tertiary/aromatic N) is 4. The first-order valence-electron chi connectivity index (χ1n) is 5.63. The summed E-state index contributed by atoms with van der Waals surface area (Å²) in [4.78, 5) is 12.5. The number of hydrogen-bond donors (Lipinski definition) is 1. The van der Waals surface area contributed by atoms with Gasteiger partial charge in [0.2, 0.25) is 0 Å². The second kappa shape index (κ2) is 5.16. The highest BCUT2D eigenvalue weighted by Crippen LogP contribution is 2.24. The van der Waals surface area contributed by atoms with Gasteiger partial charge in [0, 0.05) is 19.1 Å². The van der Waals surface area contributed by atoms with Crippen LogP contribution in [0.25, 0.3) is 0 Å². The third-order valence-electron chi connectivity index (χ3n) is 2.85. The quantitative estimate of drug-likeness (QED) is 0.860. The molecule has 2 unspecified atom stereocenters. The maximum Gasteiger partial charge on any atom is 0.149 e. The van der Waals surface area contributed by atoms with Crippen molar-refractivity contribution in [2.75, 3.05) is 32.1 Å². The maximum absolute atomic E-state index is 9.77. The molecule has 0 aliphatic carbocycles. The van der Waals surface area contributed by atoms with Crippen molar-refractivity contribution >= 4 is 17.4 Å². The van der Waals surface area contributed by atoms with Gasteiger partial charge in [-0.2, -0.15) is 0 Å². The summed E-state index contributed by atoms with van der Waals surface area (Å²) in [6.45, 7) is 1.47. The Morgan fingerprint density at radius 3 is 2.94 bits per heavy atom. The molecular weight excluding hydrogens is 240 g/mol. The number of aliphatic hydroxyl groups is 1. The summed E-state index contributed by atoms with van der Waals surface area (Å²) in [7, 11) is 4.04. The van der Waals surface area contributed by atoms with E-state index in [1.54, 1.807) is 6.20 Å². The van der Waals surface area contributed by atoms with Crippen LogP contribution in [-0.2, 0) is 0 Å². The van der Waals surface area contributed by atoms with Gasteiger partial charge in [0.15, 0.2) is 0 Å². The van der Waals surface area contributed by atoms with Crippen LogP contribution in [0.15, 0.2) is 12.4 Å². The number of hydrogen-bond acceptors (Lipinski definition) is 5. The molecular formula is C11H17ClN4O. The first kappa shape index (κ1) is 12.5. The first-order valence-corrected chi connectivity index (χ1v) is 6.01. The molecule has 1 aliphatic rings. The average Bonchev–Trinajstić information content (AvgIpc) is 2.58. The fraction of sp³-hybridized carbons (Fsp3) is 0.636. The molecule has 2 heterocycles. The molecule has 1 saturated heterocycles. The third-order valence-corrected chi connectivity index (χ3v) is 3.04. The molecule has 1 aromatic heterocycles. The summed E-state index contributed by atoms with van der Waals surface area (Å²) in [5.41, 5.74) is 0. The Morgan fingerprint density at radius 1 is 1.53 bits per heavy atom. The van der Waals surface area contributed by atoms with Crippen LogP contribution < -0.4 is 4.90 Å². The molecule has 0 bridgehead atoms. The van der Waals surface area contributed by atoms with E-state index in [9.17, 15) is 5.11 Å². The molecule has 0 aromatic carbocycles. The van der Waals surface area contributed by atoms with Gasteiger partial charge in [0.25, 0.3) is 0 Å². The van der Waals surface area contributed by atoms with E-state index in [-0.39, 0.29) is 12.1 Å². The predicted octanol–water partition coefficient (Wildman–Crippen LogP) is 0.631. The van der Waals surface area contributed by atoms with Gasteiger partial charge in [-0.25, -0.2) is 4.98 Å². The highest BCUT2D eigenvalue weighted by molar-refractivity contribution is 6.29. The van der Waals surface area contributed by atoms with Crippen molar-refractivity contribution in [1.82, 2.24) is 14.9 Å². The zero-order valence-electron chi connectivity index (χ0n) is 10.0. The van der Waals surface area contributed by atoms with Crippen LogP contribution in [0.5, 0.6) is 0 Å². The fourth-order valence-corrected chi connectivity index (χ4v) is 2.38. The number of β-amino-alcohol motifs (C(OH)–C–C–N with tert-alkyl or cyclic N) is 1. The van der Waals surface area contributed by atoms with Crippen LogP contribution in [0.4, 0.5) is 5.82 Å². The van der Waals surface area contributed by atoms with Crippen molar-refractivity contribution in [3.8, 4) is 0 Å². The number of halogens is 1. The molecule has 2 atom stereocenters. The second-order valence-corrected chi connectivity index (χ2v) is 5.05. The lowest BCUT2D eigenvalue weighted by Gasteiger charge is -2.27. The van der Waals surface area contributed by atoms with E-state index in [1.807, 2.05) is 14.1 Å². The van der Waals surface area contributed by atoms with Gasteiger partial charge in [-0.1, -0.05) is 11.6 Å². The Hall–Kier alpha value is -0.910. The van der Waals surface area contributed by atoms with Crippen LogP contribution in [0.1, 0.15) is 6.42 Å². The van der Waals surface area contributed by atoms with Crippen molar-refractivity contribution in [2.24, 2.45) is 0 Å². The number of aromatic nitrogens is 2. The molecule has 1 aliphatic heterocycles. The molecule has 94 valence electrons. The topological polar surface area (TPSA) is 52.5 Å². The molecule has 6 heteroatoms. The highest BCUT2D eigenvalue weighted by Gasteiger charge is 2.32. The molecule has 0 spiro atoms. The van der Waals surface area contributed by atoms with E-state index in [0.717, 1.165) is 18.8 Å². The van der Waals surface area contributed by atoms with Crippen LogP contribution in [-0.4, -0.2) is 59.3 Å². The fourth-order valence-electron chi connectivity index (χ4n) is 2.24. The Labute approximate surface area is 106 Å². The van der Waals surface area contributed by atoms with Crippen molar-refractivity contribution in [2.45, 2.75) is 18.6 Å². The van der Waals surface area contributed by atoms with E-state index in [4.69, 9.17) is 11.6 Å². The minimum absolute atomic E-state index is 0.257. The zero-order chi connectivity index (χ0) is 12.4. The Kier molecular flexibility index (Phi) is 3.81. The second-order valence-electron chi connectivity index (χ2n) is 4.66. The van der Waals surface area contributed by atoms with Gasteiger partial charge in [0.1, 0.15) is 11.0 Å². The maximum atomic E-state index is 9.77. The standard InChI is InChI=1S/C11H17ClN4O/c1-15(2)6-8-3-9(17)7-16(8)11-5-13-4-10(12)14-11/h4-5,8-9,17H,3,6-7H2,1-2H3. The SMILES string of the molecule is CN(C)CC1CC(O)CN1c1cncc(Cl)n1. The van der Waals surface area contributed by atoms with Crippen LogP contribution in [0.3, 0.4) is 0 Å². The minimum Gasteiger partial charge on any atom is -0.391 e. The van der Waals surface area contributed by atoms with Crippen LogP contribution in [0, 0.1) is 0 Å². The van der Waals surface area contributed by atoms with Crippen LogP contribution >= 0.6 is 11.6 Å². The van der Waals surface area contributed by atoms with Gasteiger partial charge < -0.3 is 14.9 Å². The van der Waals surface area contributed by atoms with E-state index < -0.39 is 0 Å². The molecule has 0 radical (unpaired) electrons. The lowest BCUT2D eigenvalue weighted by Crippen LogP contribution is -2.38. The summed E-state index contributed by atoms with van der Waals surface area (Å²) in [5, 5.41) is 10.2. The number of rotatable bonds is 3. The highest BCUT2D eigenvalue weighted by atomic mass is 35.5. The Bertz CT molecular complexity index is 387. The van der Waals surface area contributed by atoms with Gasteiger partial charge in [-0.3, -0.25) is 4.98 Å². The first-order chi connectivity index (χ1) is 8.06. The van der Waals surface area contributed by atoms with Crippen molar-refractivity contribution < 1.29 is 5.11 Å². The van der Waals surface area contributed by atoms with Gasteiger partial charge >= 0.3 is 0 Å². The summed E-state index contributed by atoms with van der Waals surface area (Å²) in [6, 6.07) is 0.257. The van der Waals surface area contributed by atoms with Gasteiger partial charge in [0.05, 0.1) is 18.5 Å². The van der Waals surface area contributed by atoms with Crippen molar-refractivity contribution in [3.05, 3.63) is 17.5 Å². The summed E-state index contributed by atoms with van der Waals surface area (Å²) in [6.07, 6.45) is 3.65. The van der Waals surface area contributed by atoms with Crippen LogP contribution in [0.2, 0.25) is 5.15 Å². The zero-order valence-corrected chi connectivity index (χ0v) is 10.8. The summed E-state index contributed by atoms with van der Waals surface area (Å²) in [5.74, 6) is 0.737. The minimum atomic E-state index is -0.305. The Morgan fingerprint density at radius 2 is 2.29 bits per heavy atom. The van der Waals surface area contributed by atoms with E-state index in [0.29, 0.717) is 11.7 Å². The molecule has 2 rings (SSSR count). The molecule has 17 heavy (non-hydrogen) atoms. The number of anilines is 1. The molecule has 0 saturated carbocycles. The normalized spacial score (nSPS) is 24.6. The smallest absolute Gasteiger partial charge is 0.149 e. The average molecular weight is 257 g/mol. The van der Waals surface area contributed by atoms with E-state index in [1.165, 1.54) is 6.20 Å². The molecule has 1 N–H and O–H groups in total. The molecule has 0 amide bonds. The molecule has 1 fully saturated rings. The van der Waals surface area contributed by atoms with Gasteiger partial charge in [-0.15, -0.1) is 0 Å². The Balaban J connectivity index is 2.17. The van der Waals surface area contributed by atoms with Crippen molar-refractivity contribution in [1.29, 1.82) is 0 Å². The summed E-state index contributed by atoms with van der Waals surface area (Å²) >= 11 is 5.84. The lowest BCUT2D eigenvalue weighted by molar-refractivity contribution is 0.191. The van der Waals surface area contributed by atoms with Crippen molar-refractivity contribution in [3.63, 3.8) is 0 Å². The lowest BCUT2D eigenvalue weighted by atomic mass is 10.2. The molecule has 1 aromatic rings. The monoisotopic (exact) mass is 256 g/mol. The number of likely N-dealkylation sites (N-methyl/N-ethyl adjacent to an activating group) is 1. The molecule has 5 nitrogen and oxygen atoms in total. The number of aliphatic hydroxyl groups excluding tert-OH is 1. The van der Waals surface area contributed by atoms with E-state index >= 15 is 0 Å². The van der Waals surface area contributed by atoms with E-state index in [2.05, 4.69) is 19.8 Å². The summed E-state index contributed by atoms with van der Waals surface area (Å²) < 4.78 is 0. The van der Waals surface area contributed by atoms with Gasteiger partial charge in [-0.05, 0) is 20.5 Å². The predicted molar refractivity (Wildman–Crippen MR) is 67.4 cm³/mol. The third kappa shape index (κ3) is 3.06. The largest absolute Gasteiger partial charge is 0.391 e.